The molecule has 3 nitrogen and oxygen atoms in total. The summed E-state index contributed by atoms with van der Waals surface area (Å²) in [5, 5.41) is 0. The van der Waals surface area contributed by atoms with Crippen molar-refractivity contribution in [3.05, 3.63) is 48.1 Å². The SMILES string of the molecule is COC(=O)/C=C/C=C(/c1ccc(OC)cc1)C1CC1. The van der Waals surface area contributed by atoms with Gasteiger partial charge in [0.2, 0.25) is 0 Å². The molecule has 1 aliphatic carbocycles. The molecule has 0 spiro atoms. The molecule has 19 heavy (non-hydrogen) atoms. The van der Waals surface area contributed by atoms with E-state index >= 15 is 0 Å². The molecule has 0 heterocycles. The molecule has 0 aromatic heterocycles. The van der Waals surface area contributed by atoms with Crippen molar-refractivity contribution >= 4 is 11.5 Å². The van der Waals surface area contributed by atoms with Gasteiger partial charge in [0.1, 0.15) is 5.75 Å². The van der Waals surface area contributed by atoms with Crippen LogP contribution in [0.3, 0.4) is 0 Å². The van der Waals surface area contributed by atoms with E-state index in [1.807, 2.05) is 18.2 Å². The summed E-state index contributed by atoms with van der Waals surface area (Å²) in [5.74, 6) is 1.13. The molecule has 0 amide bonds. The molecular weight excluding hydrogens is 240 g/mol. The molecule has 1 saturated carbocycles. The quantitative estimate of drug-likeness (QED) is 0.462. The summed E-state index contributed by atoms with van der Waals surface area (Å²) in [5.41, 5.74) is 2.45. The van der Waals surface area contributed by atoms with Gasteiger partial charge in [-0.1, -0.05) is 24.3 Å². The maximum absolute atomic E-state index is 11.0. The Hall–Kier alpha value is -2.03. The van der Waals surface area contributed by atoms with Crippen LogP contribution in [-0.2, 0) is 9.53 Å². The van der Waals surface area contributed by atoms with E-state index in [-0.39, 0.29) is 5.97 Å². The summed E-state index contributed by atoms with van der Waals surface area (Å²) in [6, 6.07) is 8.01. The number of carbonyl (C=O) groups is 1. The summed E-state index contributed by atoms with van der Waals surface area (Å²) in [4.78, 5) is 11.0. The number of hydrogen-bond donors (Lipinski definition) is 0. The Morgan fingerprint density at radius 3 is 2.42 bits per heavy atom. The molecule has 3 heteroatoms. The lowest BCUT2D eigenvalue weighted by atomic mass is 10.0. The molecule has 0 atom stereocenters. The normalized spacial score (nSPS) is 15.6. The lowest BCUT2D eigenvalue weighted by Gasteiger charge is -2.06. The van der Waals surface area contributed by atoms with E-state index in [0.717, 1.165) is 5.75 Å². The van der Waals surface area contributed by atoms with Gasteiger partial charge in [-0.15, -0.1) is 0 Å². The molecule has 0 unspecified atom stereocenters. The number of esters is 1. The zero-order chi connectivity index (χ0) is 13.7. The van der Waals surface area contributed by atoms with Gasteiger partial charge in [-0.3, -0.25) is 0 Å². The van der Waals surface area contributed by atoms with Crippen LogP contribution in [0, 0.1) is 5.92 Å². The lowest BCUT2D eigenvalue weighted by molar-refractivity contribution is -0.134. The van der Waals surface area contributed by atoms with Crippen molar-refractivity contribution in [2.75, 3.05) is 14.2 Å². The van der Waals surface area contributed by atoms with Gasteiger partial charge in [-0.2, -0.15) is 0 Å². The summed E-state index contributed by atoms with van der Waals surface area (Å²) >= 11 is 0. The Labute approximate surface area is 113 Å². The number of hydrogen-bond acceptors (Lipinski definition) is 3. The second-order valence-corrected chi connectivity index (χ2v) is 4.51. The largest absolute Gasteiger partial charge is 0.497 e. The average Bonchev–Trinajstić information content (AvgIpc) is 3.28. The first-order valence-electron chi connectivity index (χ1n) is 6.35. The van der Waals surface area contributed by atoms with E-state index in [4.69, 9.17) is 4.74 Å². The fourth-order valence-electron chi connectivity index (χ4n) is 1.94. The highest BCUT2D eigenvalue weighted by Gasteiger charge is 2.26. The van der Waals surface area contributed by atoms with E-state index in [9.17, 15) is 4.79 Å². The van der Waals surface area contributed by atoms with Gasteiger partial charge < -0.3 is 9.47 Å². The predicted octanol–water partition coefficient (Wildman–Crippen LogP) is 3.22. The standard InChI is InChI=1S/C16H18O3/c1-18-14-10-8-13(9-11-14)15(12-6-7-12)4-3-5-16(17)19-2/h3-5,8-12H,6-7H2,1-2H3/b5-3+,15-4+. The van der Waals surface area contributed by atoms with Crippen molar-refractivity contribution in [2.24, 2.45) is 5.92 Å². The fourth-order valence-corrected chi connectivity index (χ4v) is 1.94. The molecule has 1 fully saturated rings. The second kappa shape index (κ2) is 6.23. The topological polar surface area (TPSA) is 35.5 Å². The number of rotatable bonds is 5. The van der Waals surface area contributed by atoms with Crippen LogP contribution in [0.2, 0.25) is 0 Å². The first-order chi connectivity index (χ1) is 9.24. The fraction of sp³-hybridized carbons (Fsp3) is 0.312. The van der Waals surface area contributed by atoms with Crippen LogP contribution < -0.4 is 4.74 Å². The van der Waals surface area contributed by atoms with E-state index in [0.29, 0.717) is 5.92 Å². The molecule has 0 bridgehead atoms. The van der Waals surface area contributed by atoms with Crippen molar-refractivity contribution in [3.63, 3.8) is 0 Å². The molecule has 0 N–H and O–H groups in total. The molecule has 2 rings (SSSR count). The minimum Gasteiger partial charge on any atom is -0.497 e. The van der Waals surface area contributed by atoms with Crippen LogP contribution in [0.5, 0.6) is 5.75 Å². The molecule has 1 aromatic carbocycles. The Morgan fingerprint density at radius 1 is 1.21 bits per heavy atom. The highest BCUT2D eigenvalue weighted by molar-refractivity contribution is 5.83. The smallest absolute Gasteiger partial charge is 0.330 e. The van der Waals surface area contributed by atoms with Crippen molar-refractivity contribution in [2.45, 2.75) is 12.8 Å². The monoisotopic (exact) mass is 258 g/mol. The Morgan fingerprint density at radius 2 is 1.89 bits per heavy atom. The van der Waals surface area contributed by atoms with Gasteiger partial charge in [0.25, 0.3) is 0 Å². The van der Waals surface area contributed by atoms with E-state index in [1.54, 1.807) is 13.2 Å². The van der Waals surface area contributed by atoms with Gasteiger partial charge in [-0.05, 0) is 42.0 Å². The van der Waals surface area contributed by atoms with Crippen molar-refractivity contribution in [3.8, 4) is 5.75 Å². The highest BCUT2D eigenvalue weighted by atomic mass is 16.5. The highest BCUT2D eigenvalue weighted by Crippen LogP contribution is 2.42. The number of benzene rings is 1. The molecule has 0 radical (unpaired) electrons. The molecule has 100 valence electrons. The van der Waals surface area contributed by atoms with Crippen LogP contribution in [0.25, 0.3) is 5.57 Å². The molecule has 1 aromatic rings. The molecular formula is C16H18O3. The number of allylic oxidation sites excluding steroid dienone is 3. The Balaban J connectivity index is 2.17. The van der Waals surface area contributed by atoms with Crippen LogP contribution >= 0.6 is 0 Å². The first kappa shape index (κ1) is 13.4. The maximum atomic E-state index is 11.0. The Kier molecular flexibility index (Phi) is 4.39. The Bertz CT molecular complexity index is 493. The number of methoxy groups -OCH3 is 2. The summed E-state index contributed by atoms with van der Waals surface area (Å²) in [6.45, 7) is 0. The van der Waals surface area contributed by atoms with Crippen LogP contribution in [0.15, 0.2) is 42.5 Å². The van der Waals surface area contributed by atoms with Crippen LogP contribution in [-0.4, -0.2) is 20.2 Å². The first-order valence-corrected chi connectivity index (χ1v) is 6.35. The third kappa shape index (κ3) is 3.71. The summed E-state index contributed by atoms with van der Waals surface area (Å²) < 4.78 is 9.73. The van der Waals surface area contributed by atoms with E-state index < -0.39 is 0 Å². The lowest BCUT2D eigenvalue weighted by Crippen LogP contribution is -1.93. The molecule has 0 saturated heterocycles. The zero-order valence-electron chi connectivity index (χ0n) is 11.3. The maximum Gasteiger partial charge on any atom is 0.330 e. The zero-order valence-corrected chi connectivity index (χ0v) is 11.3. The van der Waals surface area contributed by atoms with E-state index in [1.165, 1.54) is 37.2 Å². The predicted molar refractivity (Wildman–Crippen MR) is 74.9 cm³/mol. The third-order valence-corrected chi connectivity index (χ3v) is 3.15. The second-order valence-electron chi connectivity index (χ2n) is 4.51. The van der Waals surface area contributed by atoms with Gasteiger partial charge >= 0.3 is 5.97 Å². The van der Waals surface area contributed by atoms with Crippen molar-refractivity contribution < 1.29 is 14.3 Å². The van der Waals surface area contributed by atoms with Gasteiger partial charge in [-0.25, -0.2) is 4.79 Å². The van der Waals surface area contributed by atoms with Gasteiger partial charge in [0.15, 0.2) is 0 Å². The van der Waals surface area contributed by atoms with Crippen LogP contribution in [0.1, 0.15) is 18.4 Å². The number of carbonyl (C=O) groups excluding carboxylic acids is 1. The van der Waals surface area contributed by atoms with E-state index in [2.05, 4.69) is 16.9 Å². The minimum absolute atomic E-state index is 0.332. The van der Waals surface area contributed by atoms with Crippen LogP contribution in [0.4, 0.5) is 0 Å². The van der Waals surface area contributed by atoms with Gasteiger partial charge in [0.05, 0.1) is 14.2 Å². The summed E-state index contributed by atoms with van der Waals surface area (Å²) in [7, 11) is 3.04. The number of ether oxygens (including phenoxy) is 2. The molecule has 1 aliphatic rings. The average molecular weight is 258 g/mol. The summed E-state index contributed by atoms with van der Waals surface area (Å²) in [6.07, 6.45) is 7.61. The van der Waals surface area contributed by atoms with Gasteiger partial charge in [0, 0.05) is 6.08 Å². The van der Waals surface area contributed by atoms with Crippen molar-refractivity contribution in [1.82, 2.24) is 0 Å². The molecule has 0 aliphatic heterocycles. The third-order valence-electron chi connectivity index (χ3n) is 3.15. The van der Waals surface area contributed by atoms with Crippen molar-refractivity contribution in [1.29, 1.82) is 0 Å². The minimum atomic E-state index is -0.332.